The van der Waals surface area contributed by atoms with Crippen molar-refractivity contribution in [3.8, 4) is 0 Å². The van der Waals surface area contributed by atoms with Crippen molar-refractivity contribution in [2.24, 2.45) is 5.92 Å². The topological polar surface area (TPSA) is 48.5 Å². The largest absolute Gasteiger partial charge is 0.355 e. The number of nitrogens with one attached hydrogen (secondary N) is 1. The summed E-state index contributed by atoms with van der Waals surface area (Å²) >= 11 is 1.71. The highest BCUT2D eigenvalue weighted by molar-refractivity contribution is 7.09. The third-order valence-corrected chi connectivity index (χ3v) is 4.99. The van der Waals surface area contributed by atoms with Gasteiger partial charge < -0.3 is 5.32 Å². The van der Waals surface area contributed by atoms with E-state index in [1.165, 1.54) is 18.5 Å². The first-order valence-electron chi connectivity index (χ1n) is 7.81. The molecule has 0 bridgehead atoms. The van der Waals surface area contributed by atoms with E-state index in [0.29, 0.717) is 6.54 Å². The van der Waals surface area contributed by atoms with Crippen molar-refractivity contribution in [1.29, 1.82) is 0 Å². The molecule has 0 unspecified atom stereocenters. The summed E-state index contributed by atoms with van der Waals surface area (Å²) in [7, 11) is 0. The summed E-state index contributed by atoms with van der Waals surface area (Å²) in [6, 6.07) is 0. The minimum absolute atomic E-state index is 0.186. The molecule has 1 N–H and O–H groups in total. The number of aryl methyl sites for hydroxylation is 1. The van der Waals surface area contributed by atoms with Gasteiger partial charge in [-0.1, -0.05) is 0 Å². The van der Waals surface area contributed by atoms with Gasteiger partial charge in [-0.15, -0.1) is 11.3 Å². The molecule has 2 aliphatic rings. The molecular weight excluding hydrogens is 284 g/mol. The van der Waals surface area contributed by atoms with Gasteiger partial charge in [-0.05, 0) is 25.7 Å². The van der Waals surface area contributed by atoms with E-state index < -0.39 is 0 Å². The van der Waals surface area contributed by atoms with Gasteiger partial charge >= 0.3 is 0 Å². The number of hydrogen-bond acceptors (Lipinski definition) is 5. The summed E-state index contributed by atoms with van der Waals surface area (Å²) in [5, 5.41) is 6.32. The van der Waals surface area contributed by atoms with Gasteiger partial charge in [0.25, 0.3) is 0 Å². The SMILES string of the molecule is Cc1nc(CN2CCN(CC(=O)NCC3CC3)CC2)cs1. The minimum Gasteiger partial charge on any atom is -0.355 e. The van der Waals surface area contributed by atoms with Crippen molar-refractivity contribution >= 4 is 17.2 Å². The van der Waals surface area contributed by atoms with Gasteiger partial charge in [-0.3, -0.25) is 14.6 Å². The van der Waals surface area contributed by atoms with Crippen molar-refractivity contribution in [3.63, 3.8) is 0 Å². The fourth-order valence-corrected chi connectivity index (χ4v) is 3.26. The quantitative estimate of drug-likeness (QED) is 0.855. The average Bonchev–Trinajstić information content (AvgIpc) is 3.21. The second-order valence-electron chi connectivity index (χ2n) is 6.16. The number of carbonyl (C=O) groups excluding carboxylic acids is 1. The van der Waals surface area contributed by atoms with Crippen LogP contribution in [-0.4, -0.2) is 60.0 Å². The van der Waals surface area contributed by atoms with Crippen molar-refractivity contribution < 1.29 is 4.79 Å². The Morgan fingerprint density at radius 3 is 2.67 bits per heavy atom. The fraction of sp³-hybridized carbons (Fsp3) is 0.733. The van der Waals surface area contributed by atoms with Crippen LogP contribution < -0.4 is 5.32 Å². The summed E-state index contributed by atoms with van der Waals surface area (Å²) in [6.07, 6.45) is 2.57. The number of carbonyl (C=O) groups is 1. The number of thiazole rings is 1. The third kappa shape index (κ3) is 4.76. The molecule has 6 heteroatoms. The standard InChI is InChI=1S/C15H24N4OS/c1-12-17-14(11-21-12)9-18-4-6-19(7-5-18)10-15(20)16-8-13-2-3-13/h11,13H,2-10H2,1H3,(H,16,20). The van der Waals surface area contributed by atoms with Gasteiger partial charge in [-0.25, -0.2) is 4.98 Å². The number of piperazine rings is 1. The lowest BCUT2D eigenvalue weighted by atomic mass is 10.3. The van der Waals surface area contributed by atoms with Crippen LogP contribution in [0, 0.1) is 12.8 Å². The Bertz CT molecular complexity index is 478. The second-order valence-corrected chi connectivity index (χ2v) is 7.22. The van der Waals surface area contributed by atoms with Crippen LogP contribution in [0.25, 0.3) is 0 Å². The van der Waals surface area contributed by atoms with E-state index in [1.54, 1.807) is 11.3 Å². The van der Waals surface area contributed by atoms with Crippen LogP contribution in [0.2, 0.25) is 0 Å². The lowest BCUT2D eigenvalue weighted by Gasteiger charge is -2.33. The molecule has 2 heterocycles. The van der Waals surface area contributed by atoms with Gasteiger partial charge in [0.15, 0.2) is 0 Å². The van der Waals surface area contributed by atoms with E-state index in [1.807, 2.05) is 6.92 Å². The summed E-state index contributed by atoms with van der Waals surface area (Å²) in [4.78, 5) is 21.0. The van der Waals surface area contributed by atoms with Crippen molar-refractivity contribution in [2.75, 3.05) is 39.3 Å². The molecule has 21 heavy (non-hydrogen) atoms. The zero-order valence-corrected chi connectivity index (χ0v) is 13.5. The highest BCUT2D eigenvalue weighted by Crippen LogP contribution is 2.27. The van der Waals surface area contributed by atoms with Gasteiger partial charge in [0.05, 0.1) is 17.2 Å². The van der Waals surface area contributed by atoms with E-state index in [9.17, 15) is 4.79 Å². The van der Waals surface area contributed by atoms with E-state index in [0.717, 1.165) is 50.2 Å². The first kappa shape index (κ1) is 14.9. The number of aromatic nitrogens is 1. The number of amides is 1. The molecule has 1 amide bonds. The molecule has 116 valence electrons. The van der Waals surface area contributed by atoms with E-state index >= 15 is 0 Å². The first-order chi connectivity index (χ1) is 10.2. The zero-order valence-electron chi connectivity index (χ0n) is 12.7. The van der Waals surface area contributed by atoms with Gasteiger partial charge in [0.1, 0.15) is 0 Å². The Hall–Kier alpha value is -0.980. The van der Waals surface area contributed by atoms with Crippen molar-refractivity contribution in [2.45, 2.75) is 26.3 Å². The third-order valence-electron chi connectivity index (χ3n) is 4.17. The molecule has 0 atom stereocenters. The summed E-state index contributed by atoms with van der Waals surface area (Å²) < 4.78 is 0. The molecule has 0 aromatic carbocycles. The smallest absolute Gasteiger partial charge is 0.234 e. The molecule has 3 rings (SSSR count). The molecule has 5 nitrogen and oxygen atoms in total. The molecule has 1 saturated carbocycles. The van der Waals surface area contributed by atoms with Gasteiger partial charge in [0, 0.05) is 44.6 Å². The maximum Gasteiger partial charge on any atom is 0.234 e. The molecule has 1 saturated heterocycles. The summed E-state index contributed by atoms with van der Waals surface area (Å²) in [5.74, 6) is 0.942. The molecule has 1 aromatic heterocycles. The van der Waals surface area contributed by atoms with Crippen molar-refractivity contribution in [3.05, 3.63) is 16.1 Å². The van der Waals surface area contributed by atoms with Crippen molar-refractivity contribution in [1.82, 2.24) is 20.1 Å². The van der Waals surface area contributed by atoms with E-state index in [4.69, 9.17) is 0 Å². The van der Waals surface area contributed by atoms with Crippen LogP contribution in [0.3, 0.4) is 0 Å². The number of nitrogens with zero attached hydrogens (tertiary/aromatic N) is 3. The molecule has 1 aliphatic heterocycles. The summed E-state index contributed by atoms with van der Waals surface area (Å²) in [6.45, 7) is 8.40. The normalized spacial score (nSPS) is 20.6. The second kappa shape index (κ2) is 6.85. The van der Waals surface area contributed by atoms with Crippen LogP contribution >= 0.6 is 11.3 Å². The molecule has 1 aromatic rings. The maximum absolute atomic E-state index is 11.8. The molecule has 0 radical (unpaired) electrons. The van der Waals surface area contributed by atoms with Crippen LogP contribution in [0.5, 0.6) is 0 Å². The van der Waals surface area contributed by atoms with E-state index in [2.05, 4.69) is 25.5 Å². The Balaban J connectivity index is 1.35. The molecule has 0 spiro atoms. The number of hydrogen-bond donors (Lipinski definition) is 1. The highest BCUT2D eigenvalue weighted by Gasteiger charge is 2.23. The maximum atomic E-state index is 11.8. The van der Waals surface area contributed by atoms with Crippen LogP contribution in [-0.2, 0) is 11.3 Å². The lowest BCUT2D eigenvalue weighted by molar-refractivity contribution is -0.122. The lowest BCUT2D eigenvalue weighted by Crippen LogP contribution is -2.49. The Kier molecular flexibility index (Phi) is 4.87. The van der Waals surface area contributed by atoms with Gasteiger partial charge in [-0.2, -0.15) is 0 Å². The Morgan fingerprint density at radius 1 is 1.33 bits per heavy atom. The fourth-order valence-electron chi connectivity index (χ4n) is 2.65. The Morgan fingerprint density at radius 2 is 2.05 bits per heavy atom. The highest BCUT2D eigenvalue weighted by atomic mass is 32.1. The Labute approximate surface area is 130 Å². The summed E-state index contributed by atoms with van der Waals surface area (Å²) in [5.41, 5.74) is 1.17. The zero-order chi connectivity index (χ0) is 14.7. The van der Waals surface area contributed by atoms with Crippen LogP contribution in [0.4, 0.5) is 0 Å². The minimum atomic E-state index is 0.186. The average molecular weight is 308 g/mol. The first-order valence-corrected chi connectivity index (χ1v) is 8.69. The predicted molar refractivity (Wildman–Crippen MR) is 84.3 cm³/mol. The van der Waals surface area contributed by atoms with Crippen LogP contribution in [0.1, 0.15) is 23.5 Å². The number of rotatable bonds is 6. The monoisotopic (exact) mass is 308 g/mol. The molecule has 1 aliphatic carbocycles. The predicted octanol–water partition coefficient (Wildman–Crippen LogP) is 1.10. The van der Waals surface area contributed by atoms with Gasteiger partial charge in [0.2, 0.25) is 5.91 Å². The van der Waals surface area contributed by atoms with E-state index in [-0.39, 0.29) is 5.91 Å². The molecular formula is C15H24N4OS. The molecule has 2 fully saturated rings. The van der Waals surface area contributed by atoms with Crippen LogP contribution in [0.15, 0.2) is 5.38 Å².